The zero-order valence-corrected chi connectivity index (χ0v) is 12.0. The molecule has 17 heavy (non-hydrogen) atoms. The van der Waals surface area contributed by atoms with Gasteiger partial charge in [0, 0.05) is 13.0 Å². The fraction of sp³-hybridized carbons (Fsp3) is 0.800. The van der Waals surface area contributed by atoms with Crippen LogP contribution in [0.5, 0.6) is 0 Å². The lowest BCUT2D eigenvalue weighted by Crippen LogP contribution is -2.45. The fourth-order valence-electron chi connectivity index (χ4n) is 1.76. The molecule has 1 aliphatic heterocycles. The minimum atomic E-state index is -1.99. The van der Waals surface area contributed by atoms with Gasteiger partial charge in [-0.05, 0) is 19.6 Å². The van der Waals surface area contributed by atoms with Crippen molar-refractivity contribution >= 4 is 31.8 Å². The fourth-order valence-corrected chi connectivity index (χ4v) is 2.65. The van der Waals surface area contributed by atoms with Gasteiger partial charge < -0.3 is 14.4 Å². The lowest BCUT2D eigenvalue weighted by atomic mass is 10.2. The van der Waals surface area contributed by atoms with E-state index in [0.717, 1.165) is 0 Å². The van der Waals surface area contributed by atoms with Crippen molar-refractivity contribution in [3.05, 3.63) is 0 Å². The summed E-state index contributed by atoms with van der Waals surface area (Å²) in [6.07, 6.45) is -0.451. The van der Waals surface area contributed by atoms with Crippen molar-refractivity contribution in [3.63, 3.8) is 0 Å². The third kappa shape index (κ3) is 3.97. The first-order valence-electron chi connectivity index (χ1n) is 5.51. The molecule has 0 unspecified atom stereocenters. The van der Waals surface area contributed by atoms with Crippen LogP contribution < -0.4 is 0 Å². The number of hydrogen-bond acceptors (Lipinski definition) is 4. The highest BCUT2D eigenvalue weighted by molar-refractivity contribution is 6.71. The summed E-state index contributed by atoms with van der Waals surface area (Å²) in [4.78, 5) is 24.7. The van der Waals surface area contributed by atoms with Crippen LogP contribution in [-0.4, -0.2) is 54.8 Å². The molecule has 1 heterocycles. The molecular formula is C10H18ClNO4Si. The number of alkyl halides is 1. The molecule has 1 rings (SSSR count). The number of aliphatic hydroxyl groups excluding tert-OH is 1. The van der Waals surface area contributed by atoms with Crippen molar-refractivity contribution in [2.45, 2.75) is 38.2 Å². The zero-order valence-electron chi connectivity index (χ0n) is 10.3. The van der Waals surface area contributed by atoms with E-state index in [0.29, 0.717) is 0 Å². The van der Waals surface area contributed by atoms with E-state index in [4.69, 9.17) is 16.0 Å². The Morgan fingerprint density at radius 3 is 2.53 bits per heavy atom. The molecule has 1 fully saturated rings. The molecule has 1 N–H and O–H groups in total. The average molecular weight is 280 g/mol. The summed E-state index contributed by atoms with van der Waals surface area (Å²) < 4.78 is 5.35. The second-order valence-electron chi connectivity index (χ2n) is 5.12. The number of amides is 1. The second-order valence-corrected chi connectivity index (χ2v) is 9.81. The Morgan fingerprint density at radius 2 is 2.06 bits per heavy atom. The largest absolute Gasteiger partial charge is 0.518 e. The van der Waals surface area contributed by atoms with Crippen LogP contribution in [0.4, 0.5) is 0 Å². The maximum absolute atomic E-state index is 11.9. The van der Waals surface area contributed by atoms with Gasteiger partial charge in [0.05, 0.1) is 6.10 Å². The molecule has 98 valence electrons. The van der Waals surface area contributed by atoms with Crippen LogP contribution in [0, 0.1) is 0 Å². The molecule has 0 aromatic rings. The maximum atomic E-state index is 11.9. The van der Waals surface area contributed by atoms with E-state index in [1.807, 2.05) is 19.6 Å². The molecule has 0 saturated carbocycles. The number of carbonyl (C=O) groups is 2. The van der Waals surface area contributed by atoms with Gasteiger partial charge in [0.25, 0.3) is 0 Å². The number of rotatable bonds is 3. The first-order valence-corrected chi connectivity index (χ1v) is 9.45. The van der Waals surface area contributed by atoms with E-state index in [-0.39, 0.29) is 24.8 Å². The molecule has 0 radical (unpaired) electrons. The highest BCUT2D eigenvalue weighted by Crippen LogP contribution is 2.21. The average Bonchev–Trinajstić information content (AvgIpc) is 2.56. The maximum Gasteiger partial charge on any atom is 0.315 e. The highest BCUT2D eigenvalue weighted by atomic mass is 35.5. The van der Waals surface area contributed by atoms with E-state index < -0.39 is 26.4 Å². The molecule has 1 amide bonds. The number of likely N-dealkylation sites (tertiary alicyclic amines) is 1. The third-order valence-corrected chi connectivity index (χ3v) is 3.43. The Balaban J connectivity index is 2.73. The van der Waals surface area contributed by atoms with Crippen molar-refractivity contribution in [1.29, 1.82) is 0 Å². The van der Waals surface area contributed by atoms with Gasteiger partial charge in [0.2, 0.25) is 14.2 Å². The second kappa shape index (κ2) is 5.37. The van der Waals surface area contributed by atoms with Crippen molar-refractivity contribution in [3.8, 4) is 0 Å². The third-order valence-electron chi connectivity index (χ3n) is 2.39. The zero-order chi connectivity index (χ0) is 13.2. The van der Waals surface area contributed by atoms with Gasteiger partial charge in [-0.1, -0.05) is 0 Å². The lowest BCUT2D eigenvalue weighted by molar-refractivity contribution is -0.145. The van der Waals surface area contributed by atoms with Crippen LogP contribution in [0.3, 0.4) is 0 Å². The molecule has 7 heteroatoms. The summed E-state index contributed by atoms with van der Waals surface area (Å²) >= 11 is 5.47. The predicted molar refractivity (Wildman–Crippen MR) is 66.3 cm³/mol. The first-order chi connectivity index (χ1) is 7.74. The van der Waals surface area contributed by atoms with Gasteiger partial charge in [0.15, 0.2) is 0 Å². The van der Waals surface area contributed by atoms with Crippen molar-refractivity contribution in [1.82, 2.24) is 4.90 Å². The molecule has 0 aromatic heterocycles. The van der Waals surface area contributed by atoms with E-state index in [1.165, 1.54) is 4.90 Å². The summed E-state index contributed by atoms with van der Waals surface area (Å²) in [7, 11) is -1.99. The SMILES string of the molecule is C[Si](C)(C)OC(=O)[C@@H]1C[C@H](O)CN1C(=O)CCl. The van der Waals surface area contributed by atoms with Crippen LogP contribution in [0.1, 0.15) is 6.42 Å². The normalized spacial score (nSPS) is 24.9. The van der Waals surface area contributed by atoms with Gasteiger partial charge in [-0.15, -0.1) is 11.6 Å². The van der Waals surface area contributed by atoms with Crippen LogP contribution in [0.2, 0.25) is 19.6 Å². The van der Waals surface area contributed by atoms with Gasteiger partial charge in [0.1, 0.15) is 11.9 Å². The first kappa shape index (κ1) is 14.5. The number of β-amino-alcohol motifs (C(OH)–C–C–N with tert-alkyl or cyclic N) is 1. The van der Waals surface area contributed by atoms with E-state index >= 15 is 0 Å². The minimum absolute atomic E-state index is 0.150. The molecular weight excluding hydrogens is 262 g/mol. The summed E-state index contributed by atoms with van der Waals surface area (Å²) in [6.45, 7) is 5.83. The Kier molecular flexibility index (Phi) is 4.57. The summed E-state index contributed by atoms with van der Waals surface area (Å²) in [5.74, 6) is -0.969. The Morgan fingerprint density at radius 1 is 1.47 bits per heavy atom. The summed E-state index contributed by atoms with van der Waals surface area (Å²) in [5, 5.41) is 9.53. The Labute approximate surface area is 107 Å². The smallest absolute Gasteiger partial charge is 0.315 e. The Hall–Kier alpha value is -0.593. The summed E-state index contributed by atoms with van der Waals surface area (Å²) in [5.41, 5.74) is 0. The topological polar surface area (TPSA) is 66.8 Å². The number of carbonyl (C=O) groups excluding carboxylic acids is 2. The predicted octanol–water partition coefficient (Wildman–Crippen LogP) is 0.565. The number of aliphatic hydroxyl groups is 1. The highest BCUT2D eigenvalue weighted by Gasteiger charge is 2.40. The van der Waals surface area contributed by atoms with Crippen LogP contribution >= 0.6 is 11.6 Å². The number of nitrogens with zero attached hydrogens (tertiary/aromatic N) is 1. The van der Waals surface area contributed by atoms with Gasteiger partial charge in [-0.25, -0.2) is 0 Å². The van der Waals surface area contributed by atoms with Gasteiger partial charge in [-0.3, -0.25) is 9.59 Å². The van der Waals surface area contributed by atoms with Crippen LogP contribution in [0.15, 0.2) is 0 Å². The quantitative estimate of drug-likeness (QED) is 0.606. The monoisotopic (exact) mass is 279 g/mol. The molecule has 1 saturated heterocycles. The number of halogens is 1. The molecule has 1 aliphatic rings. The van der Waals surface area contributed by atoms with E-state index in [1.54, 1.807) is 0 Å². The standard InChI is InChI=1S/C10H18ClNO4Si/c1-17(2,3)16-10(15)8-4-7(13)6-12(8)9(14)5-11/h7-8,13H,4-6H2,1-3H3/t7-,8-/m0/s1. The van der Waals surface area contributed by atoms with Gasteiger partial charge >= 0.3 is 5.97 Å². The number of hydrogen-bond donors (Lipinski definition) is 1. The Bertz CT molecular complexity index is 318. The van der Waals surface area contributed by atoms with Crippen LogP contribution in [-0.2, 0) is 14.0 Å². The molecule has 5 nitrogen and oxygen atoms in total. The molecule has 0 aromatic carbocycles. The van der Waals surface area contributed by atoms with E-state index in [2.05, 4.69) is 0 Å². The van der Waals surface area contributed by atoms with E-state index in [9.17, 15) is 14.7 Å². The summed E-state index contributed by atoms with van der Waals surface area (Å²) in [6, 6.07) is -0.692. The minimum Gasteiger partial charge on any atom is -0.518 e. The molecule has 0 spiro atoms. The van der Waals surface area contributed by atoms with Crippen molar-refractivity contribution < 1.29 is 19.1 Å². The van der Waals surface area contributed by atoms with Crippen molar-refractivity contribution in [2.24, 2.45) is 0 Å². The van der Waals surface area contributed by atoms with Crippen LogP contribution in [0.25, 0.3) is 0 Å². The lowest BCUT2D eigenvalue weighted by Gasteiger charge is -2.26. The molecule has 2 atom stereocenters. The van der Waals surface area contributed by atoms with Gasteiger partial charge in [-0.2, -0.15) is 0 Å². The molecule has 0 aliphatic carbocycles. The van der Waals surface area contributed by atoms with Crippen molar-refractivity contribution in [2.75, 3.05) is 12.4 Å². The molecule has 0 bridgehead atoms.